The van der Waals surface area contributed by atoms with E-state index in [2.05, 4.69) is 16.8 Å². The van der Waals surface area contributed by atoms with E-state index < -0.39 is 0 Å². The molecule has 1 N–H and O–H groups in total. The van der Waals surface area contributed by atoms with E-state index in [1.165, 1.54) is 24.1 Å². The van der Waals surface area contributed by atoms with Crippen LogP contribution in [0.3, 0.4) is 0 Å². The zero-order valence-electron chi connectivity index (χ0n) is 10.3. The van der Waals surface area contributed by atoms with Crippen LogP contribution >= 0.6 is 0 Å². The van der Waals surface area contributed by atoms with Gasteiger partial charge in [0.2, 0.25) is 0 Å². The molecule has 0 saturated carbocycles. The summed E-state index contributed by atoms with van der Waals surface area (Å²) in [4.78, 5) is 0. The van der Waals surface area contributed by atoms with Crippen LogP contribution in [0.2, 0.25) is 0 Å². The first-order chi connectivity index (χ1) is 8.34. The van der Waals surface area contributed by atoms with Gasteiger partial charge in [-0.2, -0.15) is 0 Å². The molecule has 0 spiro atoms. The minimum Gasteiger partial charge on any atom is -0.388 e. The van der Waals surface area contributed by atoms with Crippen LogP contribution in [0.5, 0.6) is 0 Å². The number of ether oxygens (including phenoxy) is 1. The van der Waals surface area contributed by atoms with E-state index in [-0.39, 0.29) is 6.10 Å². The molecule has 0 radical (unpaired) electrons. The fourth-order valence-electron chi connectivity index (χ4n) is 3.07. The third-order valence-corrected chi connectivity index (χ3v) is 4.17. The summed E-state index contributed by atoms with van der Waals surface area (Å²) in [5.41, 5.74) is 2.53. The van der Waals surface area contributed by atoms with Crippen molar-refractivity contribution >= 4 is 0 Å². The lowest BCUT2D eigenvalue weighted by atomic mass is 9.95. The fraction of sp³-hybridized carbons (Fsp3) is 0.714. The number of aromatic nitrogens is 1. The topological polar surface area (TPSA) is 34.4 Å². The summed E-state index contributed by atoms with van der Waals surface area (Å²) < 4.78 is 7.75. The molecule has 1 aromatic rings. The summed E-state index contributed by atoms with van der Waals surface area (Å²) in [5, 5.41) is 9.92. The molecule has 2 atom stereocenters. The quantitative estimate of drug-likeness (QED) is 0.872. The lowest BCUT2D eigenvalue weighted by Gasteiger charge is -2.20. The van der Waals surface area contributed by atoms with E-state index in [1.807, 2.05) is 0 Å². The van der Waals surface area contributed by atoms with Crippen molar-refractivity contribution in [3.8, 4) is 0 Å². The van der Waals surface area contributed by atoms with Gasteiger partial charge in [0.05, 0.1) is 6.10 Å². The Morgan fingerprint density at radius 1 is 1.41 bits per heavy atom. The Balaban J connectivity index is 1.66. The Morgan fingerprint density at radius 3 is 3.18 bits per heavy atom. The molecule has 1 aromatic heterocycles. The number of aliphatic hydroxyl groups excluding tert-OH is 1. The lowest BCUT2D eigenvalue weighted by molar-refractivity contribution is 0.155. The molecule has 3 rings (SSSR count). The standard InChI is InChI=1S/C14H21NO2/c16-14-3-1-2-13-12(14)5-8-15(13)7-4-11-6-9-17-10-11/h5,8,11,14,16H,1-4,6-7,9-10H2. The number of aliphatic hydroxyl groups is 1. The molecule has 2 unspecified atom stereocenters. The molecule has 2 heterocycles. The molecule has 0 bridgehead atoms. The predicted molar refractivity (Wildman–Crippen MR) is 65.9 cm³/mol. The monoisotopic (exact) mass is 235 g/mol. The summed E-state index contributed by atoms with van der Waals surface area (Å²) in [6.45, 7) is 2.95. The average molecular weight is 235 g/mol. The van der Waals surface area contributed by atoms with Crippen molar-refractivity contribution in [2.45, 2.75) is 44.8 Å². The first-order valence-electron chi connectivity index (χ1n) is 6.78. The highest BCUT2D eigenvalue weighted by atomic mass is 16.5. The molecule has 0 aromatic carbocycles. The van der Waals surface area contributed by atoms with Gasteiger partial charge in [-0.3, -0.25) is 0 Å². The molecule has 1 fully saturated rings. The minimum atomic E-state index is -0.227. The number of hydrogen-bond acceptors (Lipinski definition) is 2. The van der Waals surface area contributed by atoms with Crippen LogP contribution < -0.4 is 0 Å². The smallest absolute Gasteiger partial charge is 0.0807 e. The van der Waals surface area contributed by atoms with Crippen LogP contribution in [-0.4, -0.2) is 22.9 Å². The molecule has 94 valence electrons. The van der Waals surface area contributed by atoms with E-state index in [4.69, 9.17) is 4.74 Å². The van der Waals surface area contributed by atoms with Gasteiger partial charge in [-0.25, -0.2) is 0 Å². The van der Waals surface area contributed by atoms with Crippen LogP contribution in [-0.2, 0) is 17.7 Å². The molecule has 1 aliphatic heterocycles. The molecular weight excluding hydrogens is 214 g/mol. The van der Waals surface area contributed by atoms with Crippen molar-refractivity contribution in [2.24, 2.45) is 5.92 Å². The predicted octanol–water partition coefficient (Wildman–Crippen LogP) is 2.28. The summed E-state index contributed by atoms with van der Waals surface area (Å²) in [7, 11) is 0. The molecule has 1 saturated heterocycles. The van der Waals surface area contributed by atoms with Gasteiger partial charge < -0.3 is 14.4 Å². The Morgan fingerprint density at radius 2 is 2.35 bits per heavy atom. The van der Waals surface area contributed by atoms with Crippen molar-refractivity contribution < 1.29 is 9.84 Å². The van der Waals surface area contributed by atoms with Gasteiger partial charge in [-0.05, 0) is 44.1 Å². The van der Waals surface area contributed by atoms with E-state index in [1.54, 1.807) is 0 Å². The lowest BCUT2D eigenvalue weighted by Crippen LogP contribution is -2.13. The molecule has 3 heteroatoms. The van der Waals surface area contributed by atoms with Crippen molar-refractivity contribution in [2.75, 3.05) is 13.2 Å². The second-order valence-corrected chi connectivity index (χ2v) is 5.34. The van der Waals surface area contributed by atoms with Crippen LogP contribution in [0.4, 0.5) is 0 Å². The van der Waals surface area contributed by atoms with Gasteiger partial charge in [0.1, 0.15) is 0 Å². The summed E-state index contributed by atoms with van der Waals surface area (Å²) >= 11 is 0. The third-order valence-electron chi connectivity index (χ3n) is 4.17. The largest absolute Gasteiger partial charge is 0.388 e. The molecule has 1 aliphatic carbocycles. The van der Waals surface area contributed by atoms with E-state index in [9.17, 15) is 5.11 Å². The van der Waals surface area contributed by atoms with Gasteiger partial charge >= 0.3 is 0 Å². The van der Waals surface area contributed by atoms with Crippen LogP contribution in [0.15, 0.2) is 12.3 Å². The van der Waals surface area contributed by atoms with Gasteiger partial charge in [0.15, 0.2) is 0 Å². The molecule has 0 amide bonds. The second-order valence-electron chi connectivity index (χ2n) is 5.34. The van der Waals surface area contributed by atoms with E-state index >= 15 is 0 Å². The van der Waals surface area contributed by atoms with E-state index in [0.29, 0.717) is 0 Å². The average Bonchev–Trinajstić information content (AvgIpc) is 2.95. The Hall–Kier alpha value is -0.800. The SMILES string of the molecule is OC1CCCc2c1ccn2CCC1CCOC1. The zero-order valence-corrected chi connectivity index (χ0v) is 10.3. The Labute approximate surface area is 102 Å². The highest BCUT2D eigenvalue weighted by Gasteiger charge is 2.22. The zero-order chi connectivity index (χ0) is 11.7. The van der Waals surface area contributed by atoms with Gasteiger partial charge in [0.25, 0.3) is 0 Å². The van der Waals surface area contributed by atoms with E-state index in [0.717, 1.165) is 44.9 Å². The first kappa shape index (κ1) is 11.3. The van der Waals surface area contributed by atoms with Gasteiger partial charge in [-0.15, -0.1) is 0 Å². The van der Waals surface area contributed by atoms with Crippen molar-refractivity contribution in [1.82, 2.24) is 4.57 Å². The maximum absolute atomic E-state index is 9.92. The molecular formula is C14H21NO2. The number of hydrogen-bond donors (Lipinski definition) is 1. The summed E-state index contributed by atoms with van der Waals surface area (Å²) in [6, 6.07) is 2.10. The summed E-state index contributed by atoms with van der Waals surface area (Å²) in [5.74, 6) is 0.738. The van der Waals surface area contributed by atoms with Gasteiger partial charge in [0, 0.05) is 37.2 Å². The molecule has 3 nitrogen and oxygen atoms in total. The number of fused-ring (bicyclic) bond motifs is 1. The fourth-order valence-corrected chi connectivity index (χ4v) is 3.07. The minimum absolute atomic E-state index is 0.227. The van der Waals surface area contributed by atoms with Crippen molar-refractivity contribution in [3.05, 3.63) is 23.5 Å². The highest BCUT2D eigenvalue weighted by molar-refractivity contribution is 5.27. The second kappa shape index (κ2) is 4.83. The van der Waals surface area contributed by atoms with Crippen molar-refractivity contribution in [1.29, 1.82) is 0 Å². The molecule has 2 aliphatic rings. The van der Waals surface area contributed by atoms with Crippen LogP contribution in [0.1, 0.15) is 43.0 Å². The number of aryl methyl sites for hydroxylation is 1. The first-order valence-corrected chi connectivity index (χ1v) is 6.78. The van der Waals surface area contributed by atoms with Crippen LogP contribution in [0, 0.1) is 5.92 Å². The highest BCUT2D eigenvalue weighted by Crippen LogP contribution is 2.30. The maximum atomic E-state index is 9.92. The third kappa shape index (κ3) is 2.26. The normalized spacial score (nSPS) is 28.3. The summed E-state index contributed by atoms with van der Waals surface area (Å²) in [6.07, 6.45) is 7.51. The molecule has 17 heavy (non-hydrogen) atoms. The van der Waals surface area contributed by atoms with Crippen LogP contribution in [0.25, 0.3) is 0 Å². The Kier molecular flexibility index (Phi) is 3.21. The Bertz CT molecular complexity index is 380. The van der Waals surface area contributed by atoms with Gasteiger partial charge in [-0.1, -0.05) is 0 Å². The number of nitrogens with zero attached hydrogens (tertiary/aromatic N) is 1. The van der Waals surface area contributed by atoms with Crippen molar-refractivity contribution in [3.63, 3.8) is 0 Å². The maximum Gasteiger partial charge on any atom is 0.0807 e. The number of rotatable bonds is 3.